The minimum atomic E-state index is -1.59. The van der Waals surface area contributed by atoms with Crippen LogP contribution in [0, 0.1) is 0 Å². The van der Waals surface area contributed by atoms with Crippen LogP contribution in [0.5, 0.6) is 5.75 Å². The SMILES string of the molecule is CC(O)C(NC(=O)C(Cc1ccc(O)cc1)NC(=O)C(Cc1ccccc1)NC(=O)C1CCCN1)C(=O)O. The molecule has 1 aliphatic heterocycles. The van der Waals surface area contributed by atoms with Crippen LogP contribution < -0.4 is 21.3 Å². The second-order valence-corrected chi connectivity index (χ2v) is 9.40. The standard InChI is InChI=1S/C27H34N4O7/c1-16(32)23(27(37)38)31-26(36)22(15-18-9-11-19(33)12-10-18)30-25(35)21(14-17-6-3-2-4-7-17)29-24(34)20-8-5-13-28-20/h2-4,6-7,9-12,16,20-23,28,32-33H,5,8,13-15H2,1H3,(H,29,34)(H,30,35)(H,31,36)(H,37,38). The summed E-state index contributed by atoms with van der Waals surface area (Å²) < 4.78 is 0. The van der Waals surface area contributed by atoms with Gasteiger partial charge in [-0.2, -0.15) is 0 Å². The lowest BCUT2D eigenvalue weighted by Gasteiger charge is -2.26. The molecule has 5 atom stereocenters. The zero-order valence-electron chi connectivity index (χ0n) is 21.1. The molecule has 0 saturated carbocycles. The molecular formula is C27H34N4O7. The second kappa shape index (κ2) is 13.5. The Labute approximate surface area is 220 Å². The van der Waals surface area contributed by atoms with Gasteiger partial charge >= 0.3 is 5.97 Å². The Kier molecular flexibility index (Phi) is 10.2. The zero-order valence-corrected chi connectivity index (χ0v) is 21.1. The molecule has 38 heavy (non-hydrogen) atoms. The third-order valence-corrected chi connectivity index (χ3v) is 6.35. The minimum absolute atomic E-state index is 0.0185. The van der Waals surface area contributed by atoms with Gasteiger partial charge in [0, 0.05) is 12.8 Å². The molecule has 0 aliphatic carbocycles. The topological polar surface area (TPSA) is 177 Å². The summed E-state index contributed by atoms with van der Waals surface area (Å²) in [5, 5.41) is 39.6. The fraction of sp³-hybridized carbons (Fsp3) is 0.407. The van der Waals surface area contributed by atoms with E-state index in [0.717, 1.165) is 12.0 Å². The van der Waals surface area contributed by atoms with E-state index in [-0.39, 0.29) is 24.5 Å². The highest BCUT2D eigenvalue weighted by atomic mass is 16.4. The van der Waals surface area contributed by atoms with Crippen molar-refractivity contribution in [2.24, 2.45) is 0 Å². The average molecular weight is 527 g/mol. The highest BCUT2D eigenvalue weighted by Crippen LogP contribution is 2.13. The molecule has 3 rings (SSSR count). The van der Waals surface area contributed by atoms with Crippen molar-refractivity contribution in [3.63, 3.8) is 0 Å². The molecule has 0 spiro atoms. The number of phenolic OH excluding ortho intramolecular Hbond substituents is 1. The molecular weight excluding hydrogens is 492 g/mol. The van der Waals surface area contributed by atoms with Crippen molar-refractivity contribution in [3.05, 3.63) is 65.7 Å². The lowest BCUT2D eigenvalue weighted by atomic mass is 10.0. The van der Waals surface area contributed by atoms with E-state index in [1.54, 1.807) is 12.1 Å². The van der Waals surface area contributed by atoms with Gasteiger partial charge in [0.1, 0.15) is 17.8 Å². The Morgan fingerprint density at radius 3 is 2.03 bits per heavy atom. The van der Waals surface area contributed by atoms with Crippen LogP contribution in [0.2, 0.25) is 0 Å². The van der Waals surface area contributed by atoms with Crippen LogP contribution in [-0.4, -0.2) is 75.8 Å². The number of benzene rings is 2. The predicted octanol–water partition coefficient (Wildman–Crippen LogP) is -0.151. The Morgan fingerprint density at radius 1 is 0.895 bits per heavy atom. The summed E-state index contributed by atoms with van der Waals surface area (Å²) >= 11 is 0. The highest BCUT2D eigenvalue weighted by Gasteiger charge is 2.33. The Morgan fingerprint density at radius 2 is 1.47 bits per heavy atom. The summed E-state index contributed by atoms with van der Waals surface area (Å²) in [4.78, 5) is 51.0. The van der Waals surface area contributed by atoms with Gasteiger partial charge in [-0.05, 0) is 49.6 Å². The van der Waals surface area contributed by atoms with Crippen molar-refractivity contribution in [1.29, 1.82) is 0 Å². The number of carbonyl (C=O) groups is 4. The smallest absolute Gasteiger partial charge is 0.328 e. The van der Waals surface area contributed by atoms with Gasteiger partial charge < -0.3 is 36.6 Å². The van der Waals surface area contributed by atoms with Crippen molar-refractivity contribution in [1.82, 2.24) is 21.3 Å². The van der Waals surface area contributed by atoms with Crippen molar-refractivity contribution < 1.29 is 34.5 Å². The lowest BCUT2D eigenvalue weighted by molar-refractivity contribution is -0.145. The number of aromatic hydroxyl groups is 1. The fourth-order valence-electron chi connectivity index (χ4n) is 4.23. The summed E-state index contributed by atoms with van der Waals surface area (Å²) in [6.45, 7) is 1.94. The van der Waals surface area contributed by atoms with Gasteiger partial charge in [-0.1, -0.05) is 42.5 Å². The molecule has 1 heterocycles. The molecule has 0 aromatic heterocycles. The van der Waals surface area contributed by atoms with E-state index in [4.69, 9.17) is 0 Å². The van der Waals surface area contributed by atoms with Crippen LogP contribution in [0.3, 0.4) is 0 Å². The molecule has 1 saturated heterocycles. The molecule has 3 amide bonds. The summed E-state index contributed by atoms with van der Waals surface area (Å²) in [6, 6.07) is 10.9. The van der Waals surface area contributed by atoms with Crippen molar-refractivity contribution in [2.75, 3.05) is 6.54 Å². The number of aliphatic hydroxyl groups is 1. The molecule has 2 aromatic rings. The Bertz CT molecular complexity index is 1100. The quantitative estimate of drug-likeness (QED) is 0.200. The van der Waals surface area contributed by atoms with Gasteiger partial charge in [0.25, 0.3) is 0 Å². The van der Waals surface area contributed by atoms with E-state index in [9.17, 15) is 34.5 Å². The first-order valence-electron chi connectivity index (χ1n) is 12.5. The van der Waals surface area contributed by atoms with Crippen LogP contribution in [0.25, 0.3) is 0 Å². The number of hydrogen-bond donors (Lipinski definition) is 7. The first-order valence-corrected chi connectivity index (χ1v) is 12.5. The molecule has 7 N–H and O–H groups in total. The number of amides is 3. The van der Waals surface area contributed by atoms with Crippen LogP contribution in [-0.2, 0) is 32.0 Å². The van der Waals surface area contributed by atoms with Crippen LogP contribution in [0.15, 0.2) is 54.6 Å². The zero-order chi connectivity index (χ0) is 27.7. The number of aliphatic carboxylic acids is 1. The summed E-state index contributed by atoms with van der Waals surface area (Å²) in [6.07, 6.45) is 0.249. The molecule has 5 unspecified atom stereocenters. The maximum atomic E-state index is 13.5. The molecule has 0 bridgehead atoms. The van der Waals surface area contributed by atoms with Crippen LogP contribution >= 0.6 is 0 Å². The molecule has 11 heteroatoms. The van der Waals surface area contributed by atoms with E-state index in [1.807, 2.05) is 30.3 Å². The van der Waals surface area contributed by atoms with E-state index < -0.39 is 48.1 Å². The molecule has 1 aliphatic rings. The fourth-order valence-corrected chi connectivity index (χ4v) is 4.23. The molecule has 204 valence electrons. The number of carboxylic acids is 1. The Balaban J connectivity index is 1.83. The first-order chi connectivity index (χ1) is 18.1. The van der Waals surface area contributed by atoms with Crippen molar-refractivity contribution >= 4 is 23.7 Å². The Hall–Kier alpha value is -3.96. The van der Waals surface area contributed by atoms with Gasteiger partial charge in [0.15, 0.2) is 6.04 Å². The number of carboxylic acid groups (broad SMARTS) is 1. The maximum Gasteiger partial charge on any atom is 0.328 e. The van der Waals surface area contributed by atoms with Gasteiger partial charge in [0.05, 0.1) is 12.1 Å². The average Bonchev–Trinajstić information content (AvgIpc) is 3.43. The number of aliphatic hydroxyl groups excluding tert-OH is 1. The van der Waals surface area contributed by atoms with E-state index in [1.165, 1.54) is 19.1 Å². The first kappa shape index (κ1) is 28.6. The number of rotatable bonds is 12. The summed E-state index contributed by atoms with van der Waals surface area (Å²) in [7, 11) is 0. The minimum Gasteiger partial charge on any atom is -0.508 e. The van der Waals surface area contributed by atoms with Gasteiger partial charge in [-0.3, -0.25) is 14.4 Å². The van der Waals surface area contributed by atoms with Gasteiger partial charge in [0.2, 0.25) is 17.7 Å². The predicted molar refractivity (Wildman–Crippen MR) is 138 cm³/mol. The van der Waals surface area contributed by atoms with Crippen molar-refractivity contribution in [2.45, 2.75) is 62.9 Å². The van der Waals surface area contributed by atoms with Crippen molar-refractivity contribution in [3.8, 4) is 5.75 Å². The van der Waals surface area contributed by atoms with E-state index in [2.05, 4.69) is 21.3 Å². The summed E-state index contributed by atoms with van der Waals surface area (Å²) in [5.41, 5.74) is 1.39. The number of carbonyl (C=O) groups excluding carboxylic acids is 3. The van der Waals surface area contributed by atoms with Gasteiger partial charge in [-0.25, -0.2) is 4.79 Å². The molecule has 11 nitrogen and oxygen atoms in total. The van der Waals surface area contributed by atoms with E-state index in [0.29, 0.717) is 18.5 Å². The lowest BCUT2D eigenvalue weighted by Crippen LogP contribution is -2.59. The maximum absolute atomic E-state index is 13.5. The number of nitrogens with one attached hydrogen (secondary N) is 4. The largest absolute Gasteiger partial charge is 0.508 e. The second-order valence-electron chi connectivity index (χ2n) is 9.40. The molecule has 1 fully saturated rings. The number of hydrogen-bond acceptors (Lipinski definition) is 7. The third-order valence-electron chi connectivity index (χ3n) is 6.35. The highest BCUT2D eigenvalue weighted by molar-refractivity contribution is 5.94. The van der Waals surface area contributed by atoms with E-state index >= 15 is 0 Å². The van der Waals surface area contributed by atoms with Gasteiger partial charge in [-0.15, -0.1) is 0 Å². The summed E-state index contributed by atoms with van der Waals surface area (Å²) in [5.74, 6) is -3.17. The molecule has 2 aromatic carbocycles. The third kappa shape index (κ3) is 8.29. The van der Waals surface area contributed by atoms with Crippen LogP contribution in [0.1, 0.15) is 30.9 Å². The number of phenols is 1. The normalized spacial score (nSPS) is 18.0. The monoisotopic (exact) mass is 526 g/mol. The van der Waals surface area contributed by atoms with Crippen LogP contribution in [0.4, 0.5) is 0 Å². The molecule has 0 radical (unpaired) electrons.